The number of ether oxygens (including phenoxy) is 1. The second kappa shape index (κ2) is 4.60. The fraction of sp³-hybridized carbons (Fsp3) is 0.111. The Balaban J connectivity index is 3.11. The quantitative estimate of drug-likeness (QED) is 0.555. The van der Waals surface area contributed by atoms with Gasteiger partial charge in [-0.1, -0.05) is 0 Å². The lowest BCUT2D eigenvalue weighted by Crippen LogP contribution is -1.98. The van der Waals surface area contributed by atoms with Crippen LogP contribution in [-0.4, -0.2) is 18.2 Å². The van der Waals surface area contributed by atoms with Crippen LogP contribution in [0.4, 0.5) is 4.39 Å². The van der Waals surface area contributed by atoms with Gasteiger partial charge in [-0.3, -0.25) is 4.79 Å². The summed E-state index contributed by atoms with van der Waals surface area (Å²) in [7, 11) is 1.41. The molecule has 0 aliphatic carbocycles. The lowest BCUT2D eigenvalue weighted by molar-refractivity contribution is 0.1000. The molecule has 1 aromatic rings. The van der Waals surface area contributed by atoms with Crippen LogP contribution in [0.25, 0.3) is 0 Å². The van der Waals surface area contributed by atoms with Crippen molar-refractivity contribution in [3.05, 3.63) is 29.6 Å². The highest BCUT2D eigenvalue weighted by atomic mass is 32.1. The topological polar surface area (TPSA) is 38.7 Å². The first-order valence-corrected chi connectivity index (χ1v) is 4.05. The monoisotopic (exact) mass is 211 g/mol. The normalized spacial score (nSPS) is 9.00. The van der Waals surface area contributed by atoms with Crippen LogP contribution < -0.4 is 4.74 Å². The summed E-state index contributed by atoms with van der Waals surface area (Å²) in [6.07, 6.45) is 0. The van der Waals surface area contributed by atoms with Crippen molar-refractivity contribution in [2.24, 2.45) is 4.99 Å². The summed E-state index contributed by atoms with van der Waals surface area (Å²) < 4.78 is 18.0. The van der Waals surface area contributed by atoms with Gasteiger partial charge in [0.2, 0.25) is 0 Å². The number of hydrogen-bond acceptors (Lipinski definition) is 3. The molecule has 0 radical (unpaired) electrons. The molecule has 0 aromatic heterocycles. The minimum absolute atomic E-state index is 0.150. The molecule has 72 valence electrons. The first-order valence-electron chi connectivity index (χ1n) is 3.64. The third kappa shape index (κ3) is 2.22. The summed E-state index contributed by atoms with van der Waals surface area (Å²) >= 11 is 4.24. The van der Waals surface area contributed by atoms with Gasteiger partial charge in [0.1, 0.15) is 11.6 Å². The van der Waals surface area contributed by atoms with Crippen LogP contribution in [0, 0.1) is 5.82 Å². The number of hydrogen-bond donors (Lipinski definition) is 0. The number of isothiocyanates is 1. The summed E-state index contributed by atoms with van der Waals surface area (Å²) in [6, 6.07) is 3.86. The van der Waals surface area contributed by atoms with E-state index in [0.717, 1.165) is 6.07 Å². The first kappa shape index (κ1) is 10.5. The Bertz CT molecular complexity index is 413. The number of benzene rings is 1. The Kier molecular flexibility index (Phi) is 3.45. The van der Waals surface area contributed by atoms with E-state index in [1.54, 1.807) is 0 Å². The number of carbonyl (C=O) groups excluding carboxylic acids is 1. The second-order valence-corrected chi connectivity index (χ2v) is 2.54. The average molecular weight is 211 g/mol. The lowest BCUT2D eigenvalue weighted by atomic mass is 10.2. The van der Waals surface area contributed by atoms with E-state index in [2.05, 4.69) is 17.2 Å². The lowest BCUT2D eigenvalue weighted by Gasteiger charge is -2.01. The highest BCUT2D eigenvalue weighted by Gasteiger charge is 2.10. The highest BCUT2D eigenvalue weighted by Crippen LogP contribution is 2.16. The molecule has 0 atom stereocenters. The minimum atomic E-state index is -0.750. The van der Waals surface area contributed by atoms with Gasteiger partial charge >= 0.3 is 0 Å². The van der Waals surface area contributed by atoms with Crippen LogP contribution in [0.3, 0.4) is 0 Å². The van der Waals surface area contributed by atoms with Crippen LogP contribution >= 0.6 is 12.2 Å². The number of halogens is 1. The molecule has 0 unspecified atom stereocenters. The summed E-state index contributed by atoms with van der Waals surface area (Å²) in [5.74, 6) is -1.10. The summed E-state index contributed by atoms with van der Waals surface area (Å²) in [4.78, 5) is 14.2. The molecule has 0 bridgehead atoms. The molecular formula is C9H6FNO2S. The van der Waals surface area contributed by atoms with Crippen LogP contribution in [0.2, 0.25) is 0 Å². The number of amides is 1. The predicted molar refractivity (Wildman–Crippen MR) is 52.3 cm³/mol. The Labute approximate surface area is 85.2 Å². The fourth-order valence-corrected chi connectivity index (χ4v) is 0.981. The van der Waals surface area contributed by atoms with Crippen molar-refractivity contribution < 1.29 is 13.9 Å². The van der Waals surface area contributed by atoms with Crippen LogP contribution in [-0.2, 0) is 0 Å². The molecule has 0 heterocycles. The van der Waals surface area contributed by atoms with E-state index >= 15 is 0 Å². The third-order valence-corrected chi connectivity index (χ3v) is 1.65. The maximum absolute atomic E-state index is 13.2. The Morgan fingerprint density at radius 3 is 2.86 bits per heavy atom. The van der Waals surface area contributed by atoms with Gasteiger partial charge in [0.15, 0.2) is 0 Å². The van der Waals surface area contributed by atoms with Crippen molar-refractivity contribution >= 4 is 23.3 Å². The van der Waals surface area contributed by atoms with Crippen LogP contribution in [0.15, 0.2) is 23.2 Å². The van der Waals surface area contributed by atoms with Crippen molar-refractivity contribution in [2.75, 3.05) is 7.11 Å². The molecule has 0 aliphatic heterocycles. The summed E-state index contributed by atoms with van der Waals surface area (Å²) in [6.45, 7) is 0. The van der Waals surface area contributed by atoms with E-state index in [0.29, 0.717) is 5.75 Å². The van der Waals surface area contributed by atoms with E-state index < -0.39 is 11.7 Å². The van der Waals surface area contributed by atoms with Gasteiger partial charge in [-0.2, -0.15) is 4.99 Å². The number of carbonyl (C=O) groups is 1. The van der Waals surface area contributed by atoms with Crippen LogP contribution in [0.1, 0.15) is 10.4 Å². The smallest absolute Gasteiger partial charge is 0.288 e. The standard InChI is InChI=1S/C9H6FNO2S/c1-13-6-2-3-7(8(10)4-6)9(12)11-5-14/h2-4H,1H3. The molecular weight excluding hydrogens is 205 g/mol. The van der Waals surface area contributed by atoms with Gasteiger partial charge in [0, 0.05) is 6.07 Å². The van der Waals surface area contributed by atoms with Gasteiger partial charge in [0.25, 0.3) is 5.91 Å². The fourth-order valence-electron chi connectivity index (χ4n) is 0.898. The molecule has 0 fully saturated rings. The van der Waals surface area contributed by atoms with Crippen molar-refractivity contribution in [1.82, 2.24) is 0 Å². The maximum Gasteiger partial charge on any atom is 0.288 e. The summed E-state index contributed by atoms with van der Waals surface area (Å²) in [5.41, 5.74) is -0.150. The van der Waals surface area contributed by atoms with E-state index in [9.17, 15) is 9.18 Å². The minimum Gasteiger partial charge on any atom is -0.497 e. The molecule has 1 amide bonds. The van der Waals surface area contributed by atoms with Gasteiger partial charge < -0.3 is 4.74 Å². The van der Waals surface area contributed by atoms with Crippen molar-refractivity contribution in [1.29, 1.82) is 0 Å². The molecule has 3 nitrogen and oxygen atoms in total. The predicted octanol–water partition coefficient (Wildman–Crippen LogP) is 2.08. The van der Waals surface area contributed by atoms with E-state index in [-0.39, 0.29) is 5.56 Å². The summed E-state index contributed by atoms with van der Waals surface area (Å²) in [5, 5.41) is 1.88. The third-order valence-electron chi connectivity index (χ3n) is 1.55. The molecule has 0 N–H and O–H groups in total. The van der Waals surface area contributed by atoms with Crippen molar-refractivity contribution in [3.63, 3.8) is 0 Å². The van der Waals surface area contributed by atoms with Gasteiger partial charge in [-0.15, -0.1) is 0 Å². The largest absolute Gasteiger partial charge is 0.497 e. The molecule has 0 aliphatic rings. The SMILES string of the molecule is COc1ccc(C(=O)N=C=S)c(F)c1. The molecule has 0 saturated heterocycles. The number of nitrogens with zero attached hydrogens (tertiary/aromatic N) is 1. The zero-order valence-electron chi connectivity index (χ0n) is 7.28. The van der Waals surface area contributed by atoms with Gasteiger partial charge in [0.05, 0.1) is 17.8 Å². The number of aliphatic imine (C=N–C) groups is 1. The average Bonchev–Trinajstić information content (AvgIpc) is 2.17. The molecule has 1 rings (SSSR count). The number of methoxy groups -OCH3 is 1. The molecule has 5 heteroatoms. The number of rotatable bonds is 2. The molecule has 1 aromatic carbocycles. The van der Waals surface area contributed by atoms with E-state index in [1.807, 2.05) is 5.16 Å². The van der Waals surface area contributed by atoms with Crippen LogP contribution in [0.5, 0.6) is 5.75 Å². The molecule has 0 spiro atoms. The van der Waals surface area contributed by atoms with Gasteiger partial charge in [-0.05, 0) is 24.4 Å². The molecule has 0 saturated carbocycles. The Hall–Kier alpha value is -1.58. The van der Waals surface area contributed by atoms with E-state index in [4.69, 9.17) is 4.74 Å². The zero-order chi connectivity index (χ0) is 10.6. The van der Waals surface area contributed by atoms with Crippen molar-refractivity contribution in [3.8, 4) is 5.75 Å². The highest BCUT2D eigenvalue weighted by molar-refractivity contribution is 7.78. The second-order valence-electron chi connectivity index (χ2n) is 2.35. The zero-order valence-corrected chi connectivity index (χ0v) is 8.10. The van der Waals surface area contributed by atoms with Gasteiger partial charge in [-0.25, -0.2) is 4.39 Å². The maximum atomic E-state index is 13.2. The number of thiocarbonyl (C=S) groups is 1. The van der Waals surface area contributed by atoms with Crippen molar-refractivity contribution in [2.45, 2.75) is 0 Å². The Morgan fingerprint density at radius 2 is 2.36 bits per heavy atom. The Morgan fingerprint density at radius 1 is 1.64 bits per heavy atom. The van der Waals surface area contributed by atoms with E-state index in [1.165, 1.54) is 19.2 Å². The first-order chi connectivity index (χ1) is 6.69. The molecule has 14 heavy (non-hydrogen) atoms.